The third kappa shape index (κ3) is 4.08. The summed E-state index contributed by atoms with van der Waals surface area (Å²) in [6.07, 6.45) is 0.799. The van der Waals surface area contributed by atoms with Gasteiger partial charge in [0.2, 0.25) is 10.0 Å². The van der Waals surface area contributed by atoms with E-state index >= 15 is 0 Å². The largest absolute Gasteiger partial charge is 0.419 e. The second-order valence-electron chi connectivity index (χ2n) is 7.86. The molecule has 0 radical (unpaired) electrons. The van der Waals surface area contributed by atoms with Crippen LogP contribution < -0.4 is 5.76 Å². The Bertz CT molecular complexity index is 1200. The van der Waals surface area contributed by atoms with Crippen molar-refractivity contribution in [2.24, 2.45) is 0 Å². The molecule has 1 aliphatic heterocycles. The van der Waals surface area contributed by atoms with Crippen molar-refractivity contribution in [2.75, 3.05) is 32.7 Å². The number of piperazine rings is 1. The highest BCUT2D eigenvalue weighted by Gasteiger charge is 2.29. The highest BCUT2D eigenvalue weighted by atomic mass is 32.2. The van der Waals surface area contributed by atoms with Crippen LogP contribution in [0.5, 0.6) is 0 Å². The zero-order valence-electron chi connectivity index (χ0n) is 17.4. The number of aryl methyl sites for hydroxylation is 3. The minimum absolute atomic E-state index is 0.333. The van der Waals surface area contributed by atoms with Crippen LogP contribution in [0.2, 0.25) is 0 Å². The average molecular weight is 430 g/mol. The van der Waals surface area contributed by atoms with Crippen LogP contribution in [0.1, 0.15) is 17.5 Å². The van der Waals surface area contributed by atoms with E-state index in [1.54, 1.807) is 21.0 Å². The highest BCUT2D eigenvalue weighted by Crippen LogP contribution is 2.22. The summed E-state index contributed by atoms with van der Waals surface area (Å²) in [4.78, 5) is 14.7. The first-order valence-electron chi connectivity index (χ1n) is 10.2. The number of para-hydroxylation sites is 2. The Morgan fingerprint density at radius 3 is 2.43 bits per heavy atom. The number of sulfonamides is 1. The second-order valence-corrected chi connectivity index (χ2v) is 9.76. The van der Waals surface area contributed by atoms with Crippen LogP contribution in [0.15, 0.2) is 56.6 Å². The minimum atomic E-state index is -3.47. The molecule has 1 saturated heterocycles. The summed E-state index contributed by atoms with van der Waals surface area (Å²) in [5.74, 6) is -0.333. The van der Waals surface area contributed by atoms with Gasteiger partial charge in [0.05, 0.1) is 10.4 Å². The van der Waals surface area contributed by atoms with Gasteiger partial charge in [-0.1, -0.05) is 29.8 Å². The molecule has 7 nitrogen and oxygen atoms in total. The van der Waals surface area contributed by atoms with Gasteiger partial charge in [-0.25, -0.2) is 13.2 Å². The maximum atomic E-state index is 13.0. The van der Waals surface area contributed by atoms with Gasteiger partial charge in [-0.05, 0) is 50.6 Å². The second kappa shape index (κ2) is 8.37. The molecule has 0 aliphatic carbocycles. The van der Waals surface area contributed by atoms with Gasteiger partial charge < -0.3 is 9.32 Å². The Balaban J connectivity index is 1.33. The summed E-state index contributed by atoms with van der Waals surface area (Å²) in [7, 11) is -3.47. The van der Waals surface area contributed by atoms with Gasteiger partial charge in [0.25, 0.3) is 0 Å². The van der Waals surface area contributed by atoms with E-state index in [-0.39, 0.29) is 5.76 Å². The lowest BCUT2D eigenvalue weighted by molar-refractivity contribution is 0.184. The molecular weight excluding hydrogens is 402 g/mol. The number of nitrogens with zero attached hydrogens (tertiary/aromatic N) is 3. The van der Waals surface area contributed by atoms with Gasteiger partial charge in [0.15, 0.2) is 5.58 Å². The first kappa shape index (κ1) is 20.8. The molecule has 1 aromatic heterocycles. The fourth-order valence-corrected chi connectivity index (χ4v) is 5.73. The van der Waals surface area contributed by atoms with Crippen LogP contribution in [0.4, 0.5) is 0 Å². The number of aromatic nitrogens is 1. The normalized spacial score (nSPS) is 16.3. The van der Waals surface area contributed by atoms with Crippen LogP contribution >= 0.6 is 0 Å². The zero-order valence-corrected chi connectivity index (χ0v) is 18.2. The monoisotopic (exact) mass is 429 g/mol. The van der Waals surface area contributed by atoms with Gasteiger partial charge >= 0.3 is 5.76 Å². The molecule has 8 heteroatoms. The molecule has 0 unspecified atom stereocenters. The number of fused-ring (bicyclic) bond motifs is 1. The molecule has 2 heterocycles. The Labute approximate surface area is 176 Å². The van der Waals surface area contributed by atoms with Crippen molar-refractivity contribution in [2.45, 2.75) is 31.7 Å². The lowest BCUT2D eigenvalue weighted by Gasteiger charge is -2.34. The summed E-state index contributed by atoms with van der Waals surface area (Å²) < 4.78 is 34.5. The summed E-state index contributed by atoms with van der Waals surface area (Å²) >= 11 is 0. The van der Waals surface area contributed by atoms with Gasteiger partial charge in [-0.2, -0.15) is 4.31 Å². The van der Waals surface area contributed by atoms with Crippen LogP contribution in [0, 0.1) is 13.8 Å². The first-order chi connectivity index (χ1) is 14.4. The van der Waals surface area contributed by atoms with E-state index in [9.17, 15) is 13.2 Å². The van der Waals surface area contributed by atoms with Crippen LogP contribution in [-0.4, -0.2) is 54.9 Å². The standard InChI is InChI=1S/C22H27N3O4S/c1-17-8-9-21(18(2)16-17)30(27,28)24-14-12-23(13-15-24)10-5-11-25-19-6-3-4-7-20(19)29-22(25)26/h3-4,6-9,16H,5,10-15H2,1-2H3. The number of rotatable bonds is 6. The van der Waals surface area contributed by atoms with Gasteiger partial charge in [-0.15, -0.1) is 0 Å². The van der Waals surface area contributed by atoms with Crippen molar-refractivity contribution in [1.29, 1.82) is 0 Å². The summed E-state index contributed by atoms with van der Waals surface area (Å²) in [5, 5.41) is 0. The van der Waals surface area contributed by atoms with E-state index in [1.807, 2.05) is 44.2 Å². The van der Waals surface area contributed by atoms with Crippen molar-refractivity contribution in [1.82, 2.24) is 13.8 Å². The van der Waals surface area contributed by atoms with Crippen molar-refractivity contribution >= 4 is 21.1 Å². The van der Waals surface area contributed by atoms with E-state index in [4.69, 9.17) is 4.42 Å². The molecule has 0 saturated carbocycles. The Morgan fingerprint density at radius 1 is 0.967 bits per heavy atom. The number of benzene rings is 2. The molecule has 0 atom stereocenters. The lowest BCUT2D eigenvalue weighted by atomic mass is 10.2. The maximum absolute atomic E-state index is 13.0. The molecule has 0 spiro atoms. The highest BCUT2D eigenvalue weighted by molar-refractivity contribution is 7.89. The van der Waals surface area contributed by atoms with Gasteiger partial charge in [0, 0.05) is 32.7 Å². The molecular formula is C22H27N3O4S. The number of oxazole rings is 1. The SMILES string of the molecule is Cc1ccc(S(=O)(=O)N2CCN(CCCn3c(=O)oc4ccccc43)CC2)c(C)c1. The third-order valence-corrected chi connectivity index (χ3v) is 7.77. The maximum Gasteiger partial charge on any atom is 0.419 e. The van der Waals surface area contributed by atoms with Crippen LogP contribution in [0.25, 0.3) is 11.1 Å². The van der Waals surface area contributed by atoms with Crippen LogP contribution in [0.3, 0.4) is 0 Å². The Hall–Kier alpha value is -2.42. The van der Waals surface area contributed by atoms with E-state index in [0.717, 1.165) is 29.6 Å². The molecule has 0 N–H and O–H groups in total. The summed E-state index contributed by atoms with van der Waals surface area (Å²) in [6.45, 7) is 7.52. The average Bonchev–Trinajstić information content (AvgIpc) is 3.03. The molecule has 3 aromatic rings. The molecule has 30 heavy (non-hydrogen) atoms. The quantitative estimate of drug-likeness (QED) is 0.602. The fourth-order valence-electron chi connectivity index (χ4n) is 4.10. The van der Waals surface area contributed by atoms with E-state index < -0.39 is 10.0 Å². The van der Waals surface area contributed by atoms with Gasteiger partial charge in [-0.3, -0.25) is 4.57 Å². The third-order valence-electron chi connectivity index (χ3n) is 5.71. The number of hydrogen-bond acceptors (Lipinski definition) is 5. The number of hydrogen-bond donors (Lipinski definition) is 0. The molecule has 1 aliphatic rings. The summed E-state index contributed by atoms with van der Waals surface area (Å²) in [5.41, 5.74) is 3.26. The van der Waals surface area contributed by atoms with Gasteiger partial charge in [0.1, 0.15) is 0 Å². The molecule has 160 valence electrons. The fraction of sp³-hybridized carbons (Fsp3) is 0.409. The molecule has 0 amide bonds. The smallest absolute Gasteiger partial charge is 0.408 e. The van der Waals surface area contributed by atoms with Crippen molar-refractivity contribution in [3.63, 3.8) is 0 Å². The van der Waals surface area contributed by atoms with E-state index in [1.165, 1.54) is 0 Å². The predicted octanol–water partition coefficient (Wildman–Crippen LogP) is 2.61. The molecule has 2 aromatic carbocycles. The van der Waals surface area contributed by atoms with Crippen molar-refractivity contribution in [3.05, 3.63) is 64.1 Å². The Morgan fingerprint density at radius 2 is 1.70 bits per heavy atom. The van der Waals surface area contributed by atoms with Crippen LogP contribution in [-0.2, 0) is 16.6 Å². The molecule has 1 fully saturated rings. The molecule has 0 bridgehead atoms. The first-order valence-corrected chi connectivity index (χ1v) is 11.7. The minimum Gasteiger partial charge on any atom is -0.408 e. The van der Waals surface area contributed by atoms with E-state index in [0.29, 0.717) is 43.2 Å². The lowest BCUT2D eigenvalue weighted by Crippen LogP contribution is -2.48. The van der Waals surface area contributed by atoms with E-state index in [2.05, 4.69) is 4.90 Å². The predicted molar refractivity (Wildman–Crippen MR) is 116 cm³/mol. The van der Waals surface area contributed by atoms with Crippen molar-refractivity contribution in [3.8, 4) is 0 Å². The summed E-state index contributed by atoms with van der Waals surface area (Å²) in [6, 6.07) is 12.9. The van der Waals surface area contributed by atoms with Crippen molar-refractivity contribution < 1.29 is 12.8 Å². The zero-order chi connectivity index (χ0) is 21.3. The molecule has 4 rings (SSSR count). The Kier molecular flexibility index (Phi) is 5.81. The topological polar surface area (TPSA) is 75.8 Å².